The van der Waals surface area contributed by atoms with Gasteiger partial charge < -0.3 is 28.4 Å². The second-order valence-electron chi connectivity index (χ2n) is 23.4. The number of rotatable bonds is 9. The van der Waals surface area contributed by atoms with E-state index in [9.17, 15) is 79.8 Å². The van der Waals surface area contributed by atoms with Gasteiger partial charge in [-0.25, -0.2) is 31.1 Å². The summed E-state index contributed by atoms with van der Waals surface area (Å²) in [7, 11) is 0. The van der Waals surface area contributed by atoms with E-state index in [2.05, 4.69) is 0 Å². The van der Waals surface area contributed by atoms with Gasteiger partial charge in [-0.15, -0.1) is 0 Å². The first-order valence-electron chi connectivity index (χ1n) is 27.1. The van der Waals surface area contributed by atoms with Gasteiger partial charge >= 0.3 is 84.0 Å². The van der Waals surface area contributed by atoms with Crippen LogP contribution in [0.2, 0.25) is 0 Å². The van der Waals surface area contributed by atoms with E-state index in [0.29, 0.717) is 52.4 Å². The number of ether oxygens (including phenoxy) is 6. The molecule has 26 heteroatoms. The third-order valence-corrected chi connectivity index (χ3v) is 22.2. The van der Waals surface area contributed by atoms with Crippen LogP contribution < -0.4 is 42.4 Å². The number of carbonyl (C=O) groups excluding carboxylic acids is 2. The largest absolute Gasteiger partial charge is 0.459 e. The maximum absolute atomic E-state index is 13.8. The number of esters is 2. The molecule has 8 aliphatic carbocycles. The van der Waals surface area contributed by atoms with Crippen LogP contribution in [0.5, 0.6) is 0 Å². The van der Waals surface area contributed by atoms with E-state index in [-0.39, 0.29) is 103 Å². The Bertz CT molecular complexity index is 2730. The molecule has 8 saturated carbocycles. The van der Waals surface area contributed by atoms with Crippen molar-refractivity contribution in [1.82, 2.24) is 0 Å². The van der Waals surface area contributed by atoms with Crippen LogP contribution in [-0.4, -0.2) is 97.7 Å². The highest BCUT2D eigenvalue weighted by Crippen LogP contribution is 2.67. The van der Waals surface area contributed by atoms with Crippen LogP contribution in [0, 0.1) is 78.5 Å². The minimum Gasteiger partial charge on any atom is -0.459 e. The van der Waals surface area contributed by atoms with Crippen LogP contribution in [0.1, 0.15) is 78.1 Å². The van der Waals surface area contributed by atoms with Gasteiger partial charge in [-0.05, 0) is 173 Å². The van der Waals surface area contributed by atoms with Gasteiger partial charge in [-0.2, -0.15) is 43.9 Å². The predicted octanol–water partition coefficient (Wildman–Crippen LogP) is 7.99. The molecule has 4 aromatic rings. The van der Waals surface area contributed by atoms with Crippen LogP contribution in [0.25, 0.3) is 0 Å². The Morgan fingerprint density at radius 2 is 0.765 bits per heavy atom. The van der Waals surface area contributed by atoms with Crippen LogP contribution in [0.15, 0.2) is 97.1 Å². The van der Waals surface area contributed by atoms with Gasteiger partial charge in [0.1, 0.15) is 55.3 Å². The van der Waals surface area contributed by atoms with E-state index >= 15 is 0 Å². The Morgan fingerprint density at radius 3 is 1.06 bits per heavy atom. The third-order valence-electron chi connectivity index (χ3n) is 16.8. The molecule has 0 aromatic heterocycles. The van der Waals surface area contributed by atoms with Crippen molar-refractivity contribution in [1.29, 1.82) is 0 Å². The zero-order chi connectivity index (χ0) is 61.8. The number of hydrogen-bond acceptors (Lipinski definition) is 8. The molecule has 14 rings (SSSR count). The van der Waals surface area contributed by atoms with E-state index in [0.717, 1.165) is 14.3 Å². The first-order chi connectivity index (χ1) is 39.5. The van der Waals surface area contributed by atoms with Crippen molar-refractivity contribution in [2.75, 3.05) is 33.0 Å². The predicted molar refractivity (Wildman–Crippen MR) is 260 cm³/mol. The molecule has 0 radical (unpaired) electrons. The number of alkyl halides is 12. The number of halogens is 18. The summed E-state index contributed by atoms with van der Waals surface area (Å²) in [6.45, 7) is -5.82. The SMILES string of the molecule is CC(F)(F)C(=O)OC12CC3CC(C1)C1(OCC(F)(F)C(F)(F)CO1)C(C3)C2.CC(F)(F)COC(=O)C12CC3CC(C1)C1(OCC(F)(F)C(F)(F)CO1)C(C3)C2.Fc1ccc([I+]c2ccc(F)cc2)cc1.Fc1ccc([I+]c2ccc(F)cc2)cc1. The Hall–Kier alpha value is -4.00. The van der Waals surface area contributed by atoms with E-state index in [4.69, 9.17) is 28.4 Å². The minimum absolute atomic E-state index is 0.0166. The second-order valence-corrected chi connectivity index (χ2v) is 29.5. The molecule has 4 atom stereocenters. The molecule has 8 nitrogen and oxygen atoms in total. The highest BCUT2D eigenvalue weighted by Gasteiger charge is 2.72. The molecule has 0 amide bonds. The average molecular weight is 1450 g/mol. The van der Waals surface area contributed by atoms with Gasteiger partial charge in [0, 0.05) is 37.5 Å². The number of hydrogen-bond donors (Lipinski definition) is 0. The summed E-state index contributed by atoms with van der Waals surface area (Å²) in [6.07, 6.45) is 3.17. The van der Waals surface area contributed by atoms with E-state index in [1.165, 1.54) is 48.5 Å². The Morgan fingerprint density at radius 1 is 0.471 bits per heavy atom. The number of carbonyl (C=O) groups is 2. The van der Waals surface area contributed by atoms with Gasteiger partial charge in [-0.3, -0.25) is 4.79 Å². The summed E-state index contributed by atoms with van der Waals surface area (Å²) >= 11 is -0.660. The molecule has 8 bridgehead atoms. The highest BCUT2D eigenvalue weighted by molar-refractivity contribution is 5.78. The molecule has 10 aliphatic rings. The van der Waals surface area contributed by atoms with Crippen molar-refractivity contribution in [2.24, 2.45) is 40.9 Å². The zero-order valence-corrected chi connectivity index (χ0v) is 49.7. The summed E-state index contributed by atoms with van der Waals surface area (Å²) < 4.78 is 249. The lowest BCUT2D eigenvalue weighted by molar-refractivity contribution is -0.597. The van der Waals surface area contributed by atoms with Crippen molar-refractivity contribution in [3.05, 3.63) is 135 Å². The lowest BCUT2D eigenvalue weighted by Gasteiger charge is -2.63. The molecule has 4 aromatic carbocycles. The van der Waals surface area contributed by atoms with Crippen LogP contribution in [0.4, 0.5) is 70.2 Å². The van der Waals surface area contributed by atoms with Crippen LogP contribution in [0.3, 0.4) is 0 Å². The Kier molecular flexibility index (Phi) is 18.8. The summed E-state index contributed by atoms with van der Waals surface area (Å²) in [5, 5.41) is 0. The first-order valence-corrected chi connectivity index (χ1v) is 31.4. The molecule has 10 fully saturated rings. The quantitative estimate of drug-likeness (QED) is 0.0948. The smallest absolute Gasteiger partial charge is 0.377 e. The molecule has 2 aliphatic heterocycles. The fourth-order valence-corrected chi connectivity index (χ4v) is 17.6. The first kappa shape index (κ1) is 65.4. The van der Waals surface area contributed by atoms with Gasteiger partial charge in [-0.1, -0.05) is 0 Å². The van der Waals surface area contributed by atoms with Crippen molar-refractivity contribution in [2.45, 2.75) is 131 Å². The standard InChI is InChI=1S/C18H22F6O4.C17H20F6O4.2C12H8F2I/c1-14(19,20)7-26-13(25)15-4-10-2-11(5-15)18(12(3-10)6-15)27-8-16(21,22)17(23,24)9-28-18;1-13(18,19)12(24)27-14-4-9-2-10(5-14)17(11(3-9)6-14)25-7-15(20,21)16(22,23)8-26-17;2*13-9-1-5-11(6-2-9)15-12-7-3-10(14)4-8-12/h10-12H,2-9H2,1H3;9-11H,2-8H2,1H3;2*1-8H/q;;2*+1. The summed E-state index contributed by atoms with van der Waals surface area (Å²) in [4.78, 5) is 24.3. The van der Waals surface area contributed by atoms with Crippen LogP contribution >= 0.6 is 0 Å². The molecule has 2 spiro atoms. The van der Waals surface area contributed by atoms with Crippen molar-refractivity contribution in [3.63, 3.8) is 0 Å². The van der Waals surface area contributed by atoms with E-state index in [1.807, 2.05) is 0 Å². The molecule has 2 saturated heterocycles. The molecule has 85 heavy (non-hydrogen) atoms. The van der Waals surface area contributed by atoms with Crippen molar-refractivity contribution < 1.29 is 151 Å². The van der Waals surface area contributed by atoms with Gasteiger partial charge in [0.15, 0.2) is 32.5 Å². The van der Waals surface area contributed by atoms with Crippen LogP contribution in [-0.2, 0) is 38.0 Å². The average Bonchev–Trinajstić information content (AvgIpc) is 1.62. The van der Waals surface area contributed by atoms with Crippen molar-refractivity contribution in [3.8, 4) is 0 Å². The van der Waals surface area contributed by atoms with Crippen molar-refractivity contribution >= 4 is 11.9 Å². The molecule has 4 unspecified atom stereocenters. The fraction of sp³-hybridized carbons (Fsp3) is 0.559. The molecular formula is C59H58F16I2O8+2. The lowest BCUT2D eigenvalue weighted by atomic mass is 9.47. The van der Waals surface area contributed by atoms with Gasteiger partial charge in [0.2, 0.25) is 0 Å². The lowest BCUT2D eigenvalue weighted by Crippen LogP contribution is -3.61. The third kappa shape index (κ3) is 14.5. The normalized spacial score (nSPS) is 30.0. The monoisotopic (exact) mass is 1450 g/mol. The van der Waals surface area contributed by atoms with E-state index in [1.54, 1.807) is 48.5 Å². The molecule has 466 valence electrons. The van der Waals surface area contributed by atoms with Gasteiger partial charge in [0.25, 0.3) is 5.92 Å². The minimum atomic E-state index is -4.36. The molecular weight excluding hydrogens is 1390 g/mol. The fourth-order valence-electron chi connectivity index (χ4n) is 13.3. The number of benzene rings is 4. The molecule has 2 heterocycles. The second kappa shape index (κ2) is 24.4. The maximum Gasteiger partial charge on any atom is 0.377 e. The van der Waals surface area contributed by atoms with Gasteiger partial charge in [0.05, 0.1) is 5.41 Å². The summed E-state index contributed by atoms with van der Waals surface area (Å²) in [5.41, 5.74) is -2.17. The molecule has 0 N–H and O–H groups in total. The zero-order valence-electron chi connectivity index (χ0n) is 45.4. The summed E-state index contributed by atoms with van der Waals surface area (Å²) in [5.74, 6) is -32.9. The Labute approximate surface area is 499 Å². The van der Waals surface area contributed by atoms with E-state index < -0.39 is 127 Å². The topological polar surface area (TPSA) is 89.5 Å². The Balaban J connectivity index is 0.000000141. The summed E-state index contributed by atoms with van der Waals surface area (Å²) in [6, 6.07) is 25.9. The highest BCUT2D eigenvalue weighted by atomic mass is 127. The maximum atomic E-state index is 13.8.